The van der Waals surface area contributed by atoms with Crippen LogP contribution in [0.25, 0.3) is 11.1 Å². The number of allylic oxidation sites excluding steroid dienone is 4. The quantitative estimate of drug-likeness (QED) is 0.760. The maximum atomic E-state index is 5.24. The number of rotatable bonds is 3. The molecule has 0 radical (unpaired) electrons. The lowest BCUT2D eigenvalue weighted by atomic mass is 9.88. The molecule has 0 atom stereocenters. The Hall–Kier alpha value is -2.28. The van der Waals surface area contributed by atoms with Gasteiger partial charge in [-0.15, -0.1) is 0 Å². The summed E-state index contributed by atoms with van der Waals surface area (Å²) in [5.74, 6) is 0.905. The summed E-state index contributed by atoms with van der Waals surface area (Å²) in [6, 6.07) is 19.0. The van der Waals surface area contributed by atoms with Gasteiger partial charge in [-0.3, -0.25) is 0 Å². The van der Waals surface area contributed by atoms with Crippen molar-refractivity contribution in [3.63, 3.8) is 0 Å². The van der Waals surface area contributed by atoms with Gasteiger partial charge in [0.05, 0.1) is 7.11 Å². The van der Waals surface area contributed by atoms with E-state index in [-0.39, 0.29) is 0 Å². The Kier molecular flexibility index (Phi) is 3.69. The van der Waals surface area contributed by atoms with Gasteiger partial charge >= 0.3 is 0 Å². The molecule has 1 nitrogen and oxygen atoms in total. The first-order valence-electron chi connectivity index (χ1n) is 6.98. The van der Waals surface area contributed by atoms with Crippen LogP contribution in [0.15, 0.2) is 66.7 Å². The third-order valence-corrected chi connectivity index (χ3v) is 3.69. The average molecular weight is 262 g/mol. The molecule has 0 saturated carbocycles. The van der Waals surface area contributed by atoms with E-state index in [1.807, 2.05) is 12.1 Å². The monoisotopic (exact) mass is 262 g/mol. The van der Waals surface area contributed by atoms with Crippen molar-refractivity contribution in [2.45, 2.75) is 12.8 Å². The Morgan fingerprint density at radius 1 is 0.850 bits per heavy atom. The Morgan fingerprint density at radius 2 is 1.60 bits per heavy atom. The smallest absolute Gasteiger partial charge is 0.118 e. The second-order valence-electron chi connectivity index (χ2n) is 4.93. The molecule has 0 bridgehead atoms. The third kappa shape index (κ3) is 2.53. The van der Waals surface area contributed by atoms with Crippen LogP contribution in [0.4, 0.5) is 0 Å². The van der Waals surface area contributed by atoms with Crippen molar-refractivity contribution in [3.05, 3.63) is 77.9 Å². The van der Waals surface area contributed by atoms with Crippen molar-refractivity contribution in [1.29, 1.82) is 0 Å². The predicted octanol–water partition coefficient (Wildman–Crippen LogP) is 4.96. The molecule has 0 amide bonds. The van der Waals surface area contributed by atoms with E-state index in [1.54, 1.807) is 7.11 Å². The molecule has 0 aliphatic heterocycles. The van der Waals surface area contributed by atoms with E-state index in [4.69, 9.17) is 4.74 Å². The highest BCUT2D eigenvalue weighted by Gasteiger charge is 2.12. The molecular formula is C19H18O. The largest absolute Gasteiger partial charge is 0.497 e. The molecule has 2 aromatic rings. The Labute approximate surface area is 120 Å². The van der Waals surface area contributed by atoms with E-state index >= 15 is 0 Å². The minimum atomic E-state index is 0.905. The van der Waals surface area contributed by atoms with Gasteiger partial charge in [-0.1, -0.05) is 54.6 Å². The van der Waals surface area contributed by atoms with E-state index in [0.717, 1.165) is 18.6 Å². The molecule has 0 N–H and O–H groups in total. The fourth-order valence-electron chi connectivity index (χ4n) is 2.64. The summed E-state index contributed by atoms with van der Waals surface area (Å²) < 4.78 is 5.24. The number of ether oxygens (including phenoxy) is 1. The van der Waals surface area contributed by atoms with Crippen molar-refractivity contribution < 1.29 is 4.74 Å². The highest BCUT2D eigenvalue weighted by atomic mass is 16.5. The van der Waals surface area contributed by atoms with Gasteiger partial charge < -0.3 is 4.74 Å². The second-order valence-corrected chi connectivity index (χ2v) is 4.93. The van der Waals surface area contributed by atoms with Crippen LogP contribution in [-0.2, 0) is 0 Å². The first kappa shape index (κ1) is 12.7. The van der Waals surface area contributed by atoms with Crippen molar-refractivity contribution >= 4 is 11.1 Å². The first-order valence-corrected chi connectivity index (χ1v) is 6.98. The second kappa shape index (κ2) is 5.79. The summed E-state index contributed by atoms with van der Waals surface area (Å²) in [5, 5.41) is 0. The Morgan fingerprint density at radius 3 is 2.30 bits per heavy atom. The van der Waals surface area contributed by atoms with Crippen LogP contribution >= 0.6 is 0 Å². The van der Waals surface area contributed by atoms with Gasteiger partial charge in [0.25, 0.3) is 0 Å². The van der Waals surface area contributed by atoms with Gasteiger partial charge in [-0.25, -0.2) is 0 Å². The molecule has 1 aliphatic carbocycles. The molecule has 20 heavy (non-hydrogen) atoms. The van der Waals surface area contributed by atoms with Crippen molar-refractivity contribution in [2.24, 2.45) is 0 Å². The van der Waals surface area contributed by atoms with Crippen LogP contribution in [0, 0.1) is 0 Å². The number of hydrogen-bond donors (Lipinski definition) is 0. The van der Waals surface area contributed by atoms with Crippen LogP contribution in [0.2, 0.25) is 0 Å². The average Bonchev–Trinajstić information content (AvgIpc) is 2.56. The van der Waals surface area contributed by atoms with Crippen LogP contribution in [0.1, 0.15) is 24.0 Å². The predicted molar refractivity (Wildman–Crippen MR) is 84.6 cm³/mol. The number of benzene rings is 2. The molecule has 0 heterocycles. The maximum Gasteiger partial charge on any atom is 0.118 e. The van der Waals surface area contributed by atoms with Crippen LogP contribution < -0.4 is 4.74 Å². The molecule has 0 unspecified atom stereocenters. The lowest BCUT2D eigenvalue weighted by Crippen LogP contribution is -1.95. The summed E-state index contributed by atoms with van der Waals surface area (Å²) in [6.07, 6.45) is 6.71. The van der Waals surface area contributed by atoms with Gasteiger partial charge in [0, 0.05) is 0 Å². The lowest BCUT2D eigenvalue weighted by molar-refractivity contribution is 0.415. The lowest BCUT2D eigenvalue weighted by Gasteiger charge is -2.17. The summed E-state index contributed by atoms with van der Waals surface area (Å²) in [5.41, 5.74) is 5.33. The minimum Gasteiger partial charge on any atom is -0.497 e. The van der Waals surface area contributed by atoms with Gasteiger partial charge in [0.2, 0.25) is 0 Å². The zero-order valence-electron chi connectivity index (χ0n) is 11.7. The zero-order chi connectivity index (χ0) is 13.8. The van der Waals surface area contributed by atoms with E-state index < -0.39 is 0 Å². The molecule has 0 fully saturated rings. The van der Waals surface area contributed by atoms with Crippen molar-refractivity contribution in [3.8, 4) is 5.75 Å². The Balaban J connectivity index is 2.07. The minimum absolute atomic E-state index is 0.905. The highest BCUT2D eigenvalue weighted by molar-refractivity contribution is 5.96. The van der Waals surface area contributed by atoms with Gasteiger partial charge in [0.15, 0.2) is 0 Å². The normalized spacial score (nSPS) is 14.4. The fourth-order valence-corrected chi connectivity index (χ4v) is 2.64. The topological polar surface area (TPSA) is 9.23 Å². The first-order chi connectivity index (χ1) is 9.88. The highest BCUT2D eigenvalue weighted by Crippen LogP contribution is 2.34. The van der Waals surface area contributed by atoms with E-state index in [1.165, 1.54) is 22.3 Å². The SMILES string of the molecule is COc1ccc(C2=C(c3ccccc3)C=CCC2)cc1. The summed E-state index contributed by atoms with van der Waals surface area (Å²) in [7, 11) is 1.70. The van der Waals surface area contributed by atoms with Crippen LogP contribution in [0.5, 0.6) is 5.75 Å². The van der Waals surface area contributed by atoms with Gasteiger partial charge in [-0.05, 0) is 47.2 Å². The molecular weight excluding hydrogens is 244 g/mol. The molecule has 1 heteroatoms. The molecule has 0 aromatic heterocycles. The van der Waals surface area contributed by atoms with Crippen molar-refractivity contribution in [2.75, 3.05) is 7.11 Å². The molecule has 2 aromatic carbocycles. The molecule has 100 valence electrons. The summed E-state index contributed by atoms with van der Waals surface area (Å²) in [4.78, 5) is 0. The summed E-state index contributed by atoms with van der Waals surface area (Å²) >= 11 is 0. The summed E-state index contributed by atoms with van der Waals surface area (Å²) in [6.45, 7) is 0. The van der Waals surface area contributed by atoms with Crippen LogP contribution in [0.3, 0.4) is 0 Å². The molecule has 0 saturated heterocycles. The van der Waals surface area contributed by atoms with E-state index in [9.17, 15) is 0 Å². The van der Waals surface area contributed by atoms with E-state index in [2.05, 4.69) is 54.6 Å². The van der Waals surface area contributed by atoms with Crippen LogP contribution in [-0.4, -0.2) is 7.11 Å². The fraction of sp³-hybridized carbons (Fsp3) is 0.158. The van der Waals surface area contributed by atoms with E-state index in [0.29, 0.717) is 0 Å². The third-order valence-electron chi connectivity index (χ3n) is 3.69. The zero-order valence-corrected chi connectivity index (χ0v) is 11.7. The van der Waals surface area contributed by atoms with Gasteiger partial charge in [0.1, 0.15) is 5.75 Å². The maximum absolute atomic E-state index is 5.24. The molecule has 3 rings (SSSR count). The molecule has 1 aliphatic rings. The molecule has 0 spiro atoms. The Bertz CT molecular complexity index is 633. The standard InChI is InChI=1S/C19H18O/c1-20-17-13-11-16(12-14-17)19-10-6-5-9-18(19)15-7-3-2-4-8-15/h2-5,7-9,11-14H,6,10H2,1H3. The number of hydrogen-bond acceptors (Lipinski definition) is 1. The number of methoxy groups -OCH3 is 1. The van der Waals surface area contributed by atoms with Crippen molar-refractivity contribution in [1.82, 2.24) is 0 Å². The van der Waals surface area contributed by atoms with Gasteiger partial charge in [-0.2, -0.15) is 0 Å².